The van der Waals surface area contributed by atoms with Crippen LogP contribution in [0.25, 0.3) is 16.5 Å². The van der Waals surface area contributed by atoms with E-state index in [1.807, 2.05) is 0 Å². The molecule has 0 aromatic carbocycles. The molecular weight excluding hydrogens is 236 g/mol. The maximum atomic E-state index is 10.4. The van der Waals surface area contributed by atoms with E-state index in [0.29, 0.717) is 11.4 Å². The fourth-order valence-corrected chi connectivity index (χ4v) is 1.28. The van der Waals surface area contributed by atoms with Crippen LogP contribution in [-0.2, 0) is 4.79 Å². The lowest BCUT2D eigenvalue weighted by molar-refractivity contribution is -0.131. The molecule has 92 valence electrons. The van der Waals surface area contributed by atoms with E-state index < -0.39 is 5.97 Å². The molecule has 1 fully saturated rings. The maximum absolute atomic E-state index is 10.4. The number of carboxylic acids is 1. The summed E-state index contributed by atoms with van der Waals surface area (Å²) in [6, 6.07) is 3.23. The van der Waals surface area contributed by atoms with E-state index in [1.165, 1.54) is 6.08 Å². The third-order valence-corrected chi connectivity index (χ3v) is 2.24. The monoisotopic (exact) mass is 246 g/mol. The minimum absolute atomic E-state index is 0.105. The van der Waals surface area contributed by atoms with Gasteiger partial charge in [0.05, 0.1) is 0 Å². The summed E-state index contributed by atoms with van der Waals surface area (Å²) in [4.78, 5) is 17.1. The highest BCUT2D eigenvalue weighted by Gasteiger charge is 2.24. The number of azide groups is 1. The Bertz CT molecular complexity index is 545. The van der Waals surface area contributed by atoms with Crippen LogP contribution in [0.4, 0.5) is 5.82 Å². The number of carbonyl (C=O) groups is 1. The molecule has 7 nitrogen and oxygen atoms in total. The summed E-state index contributed by atoms with van der Waals surface area (Å²) >= 11 is 0. The molecule has 1 aromatic rings. The first-order chi connectivity index (χ1) is 8.69. The average Bonchev–Trinajstić information content (AvgIpc) is 3.12. The molecule has 1 aromatic heterocycles. The largest absolute Gasteiger partial charge is 0.478 e. The maximum Gasteiger partial charge on any atom is 0.328 e. The minimum Gasteiger partial charge on any atom is -0.478 e. The Labute approximate surface area is 102 Å². The Kier molecular flexibility index (Phi) is 3.45. The van der Waals surface area contributed by atoms with Gasteiger partial charge in [-0.1, -0.05) is 0 Å². The van der Waals surface area contributed by atoms with Crippen LogP contribution in [0.2, 0.25) is 0 Å². The number of ether oxygens (including phenoxy) is 1. The van der Waals surface area contributed by atoms with Gasteiger partial charge in [0.25, 0.3) is 0 Å². The summed E-state index contributed by atoms with van der Waals surface area (Å²) in [6.07, 6.45) is 4.46. The summed E-state index contributed by atoms with van der Waals surface area (Å²) < 4.78 is 5.46. The van der Waals surface area contributed by atoms with Gasteiger partial charge in [-0.3, -0.25) is 0 Å². The molecule has 18 heavy (non-hydrogen) atoms. The van der Waals surface area contributed by atoms with E-state index in [0.717, 1.165) is 18.9 Å². The van der Waals surface area contributed by atoms with Crippen LogP contribution in [-0.4, -0.2) is 22.2 Å². The molecule has 1 heterocycles. The first-order valence-electron chi connectivity index (χ1n) is 5.33. The molecule has 0 radical (unpaired) electrons. The van der Waals surface area contributed by atoms with E-state index in [4.69, 9.17) is 15.4 Å². The third kappa shape index (κ3) is 3.23. The summed E-state index contributed by atoms with van der Waals surface area (Å²) in [7, 11) is 0. The number of aromatic nitrogens is 1. The Morgan fingerprint density at radius 2 is 2.39 bits per heavy atom. The van der Waals surface area contributed by atoms with Crippen molar-refractivity contribution in [2.24, 2.45) is 5.11 Å². The van der Waals surface area contributed by atoms with Crippen LogP contribution >= 0.6 is 0 Å². The lowest BCUT2D eigenvalue weighted by Gasteiger charge is -2.05. The van der Waals surface area contributed by atoms with Gasteiger partial charge in [-0.25, -0.2) is 9.78 Å². The van der Waals surface area contributed by atoms with Gasteiger partial charge in [0.15, 0.2) is 0 Å². The van der Waals surface area contributed by atoms with Gasteiger partial charge in [-0.05, 0) is 35.6 Å². The molecule has 1 N–H and O–H groups in total. The van der Waals surface area contributed by atoms with Crippen molar-refractivity contribution in [2.45, 2.75) is 18.9 Å². The number of rotatable bonds is 5. The van der Waals surface area contributed by atoms with Gasteiger partial charge in [0.1, 0.15) is 11.9 Å². The van der Waals surface area contributed by atoms with Gasteiger partial charge in [-0.2, -0.15) is 0 Å². The molecule has 1 aliphatic rings. The molecule has 7 heteroatoms. The summed E-state index contributed by atoms with van der Waals surface area (Å²) in [5, 5.41) is 12.0. The fraction of sp³-hybridized carbons (Fsp3) is 0.273. The van der Waals surface area contributed by atoms with Gasteiger partial charge < -0.3 is 9.84 Å². The standard InChI is InChI=1S/C11H10N4O3/c12-15-14-11-7(2-6-10(16)17)1-5-9(13-11)18-8-3-4-8/h1-2,5-6,8H,3-4H2,(H,16,17). The van der Waals surface area contributed by atoms with Crippen LogP contribution in [0.15, 0.2) is 23.3 Å². The second kappa shape index (κ2) is 5.20. The zero-order chi connectivity index (χ0) is 13.0. The van der Waals surface area contributed by atoms with E-state index in [-0.39, 0.29) is 11.9 Å². The van der Waals surface area contributed by atoms with Gasteiger partial charge in [-0.15, -0.1) is 0 Å². The number of hydrogen-bond donors (Lipinski definition) is 1. The van der Waals surface area contributed by atoms with Crippen molar-refractivity contribution < 1.29 is 14.6 Å². The highest BCUT2D eigenvalue weighted by Crippen LogP contribution is 2.28. The summed E-state index contributed by atoms with van der Waals surface area (Å²) in [6.45, 7) is 0. The Hall–Kier alpha value is -2.53. The highest BCUT2D eigenvalue weighted by atomic mass is 16.5. The van der Waals surface area contributed by atoms with Gasteiger partial charge >= 0.3 is 5.97 Å². The molecule has 1 saturated carbocycles. The molecule has 0 spiro atoms. The fourth-order valence-electron chi connectivity index (χ4n) is 1.28. The minimum atomic E-state index is -1.08. The quantitative estimate of drug-likeness (QED) is 0.372. The van der Waals surface area contributed by atoms with E-state index in [2.05, 4.69) is 15.0 Å². The molecule has 0 aliphatic heterocycles. The van der Waals surface area contributed by atoms with Crippen molar-refractivity contribution in [3.8, 4) is 5.88 Å². The first-order valence-corrected chi connectivity index (χ1v) is 5.33. The first kappa shape index (κ1) is 11.9. The van der Waals surface area contributed by atoms with E-state index >= 15 is 0 Å². The number of hydrogen-bond acceptors (Lipinski definition) is 4. The molecule has 1 aliphatic carbocycles. The SMILES string of the molecule is [N-]=[N+]=Nc1nc(OC2CC2)ccc1C=CC(=O)O. The van der Waals surface area contributed by atoms with Crippen molar-refractivity contribution in [1.82, 2.24) is 4.98 Å². The second-order valence-electron chi connectivity index (χ2n) is 3.74. The third-order valence-electron chi connectivity index (χ3n) is 2.24. The summed E-state index contributed by atoms with van der Waals surface area (Å²) in [5.74, 6) is -0.597. The van der Waals surface area contributed by atoms with E-state index in [1.54, 1.807) is 12.1 Å². The zero-order valence-electron chi connectivity index (χ0n) is 9.35. The van der Waals surface area contributed by atoms with Gasteiger partial charge in [0.2, 0.25) is 5.88 Å². The van der Waals surface area contributed by atoms with Crippen molar-refractivity contribution in [1.29, 1.82) is 0 Å². The Balaban J connectivity index is 2.27. The molecule has 0 saturated heterocycles. The number of carboxylic acid groups (broad SMARTS) is 1. The van der Waals surface area contributed by atoms with Crippen molar-refractivity contribution in [3.63, 3.8) is 0 Å². The smallest absolute Gasteiger partial charge is 0.328 e. The van der Waals surface area contributed by atoms with Crippen molar-refractivity contribution in [3.05, 3.63) is 34.2 Å². The van der Waals surface area contributed by atoms with Crippen molar-refractivity contribution >= 4 is 17.9 Å². The molecular formula is C11H10N4O3. The van der Waals surface area contributed by atoms with Crippen molar-refractivity contribution in [2.75, 3.05) is 0 Å². The zero-order valence-corrected chi connectivity index (χ0v) is 9.35. The lowest BCUT2D eigenvalue weighted by atomic mass is 10.2. The number of aliphatic carboxylic acids is 1. The van der Waals surface area contributed by atoms with Crippen LogP contribution < -0.4 is 4.74 Å². The molecule has 0 unspecified atom stereocenters. The van der Waals surface area contributed by atoms with Gasteiger partial charge in [0, 0.05) is 22.6 Å². The average molecular weight is 246 g/mol. The van der Waals surface area contributed by atoms with Crippen LogP contribution in [0, 0.1) is 0 Å². The number of nitrogens with zero attached hydrogens (tertiary/aromatic N) is 4. The Morgan fingerprint density at radius 1 is 1.61 bits per heavy atom. The van der Waals surface area contributed by atoms with Crippen LogP contribution in [0.1, 0.15) is 18.4 Å². The highest BCUT2D eigenvalue weighted by molar-refractivity contribution is 5.86. The molecule has 0 atom stereocenters. The Morgan fingerprint density at radius 3 is 3.00 bits per heavy atom. The summed E-state index contributed by atoms with van der Waals surface area (Å²) in [5.41, 5.74) is 8.87. The second-order valence-corrected chi connectivity index (χ2v) is 3.74. The lowest BCUT2D eigenvalue weighted by Crippen LogP contribution is -1.98. The molecule has 0 amide bonds. The van der Waals surface area contributed by atoms with Crippen LogP contribution in [0.3, 0.4) is 0 Å². The normalized spacial score (nSPS) is 14.2. The predicted octanol–water partition coefficient (Wildman–Crippen LogP) is 2.66. The van der Waals surface area contributed by atoms with E-state index in [9.17, 15) is 4.79 Å². The molecule has 2 rings (SSSR count). The topological polar surface area (TPSA) is 108 Å². The number of pyridine rings is 1. The molecule has 0 bridgehead atoms. The predicted molar refractivity (Wildman–Crippen MR) is 63.4 cm³/mol. The van der Waals surface area contributed by atoms with Crippen LogP contribution in [0.5, 0.6) is 5.88 Å².